The van der Waals surface area contributed by atoms with Crippen LogP contribution >= 0.6 is 15.9 Å². The molecule has 1 atom stereocenters. The summed E-state index contributed by atoms with van der Waals surface area (Å²) in [4.78, 5) is 24.8. The lowest BCUT2D eigenvalue weighted by atomic mass is 10.1. The highest BCUT2D eigenvalue weighted by molar-refractivity contribution is 9.10. The molecule has 0 spiro atoms. The number of H-pyrrole nitrogens is 1. The summed E-state index contributed by atoms with van der Waals surface area (Å²) >= 11 is 3.43. The molecule has 1 saturated heterocycles. The van der Waals surface area contributed by atoms with Crippen LogP contribution in [0.1, 0.15) is 18.2 Å². The van der Waals surface area contributed by atoms with Gasteiger partial charge in [-0.25, -0.2) is 14.8 Å². The summed E-state index contributed by atoms with van der Waals surface area (Å²) in [5, 5.41) is 10.0. The molecule has 0 bridgehead atoms. The number of aromatic nitrogens is 3. The van der Waals surface area contributed by atoms with Crippen LogP contribution in [-0.2, 0) is 0 Å². The first-order chi connectivity index (χ1) is 11.0. The number of nitrogens with zero attached hydrogens (tertiary/aromatic N) is 3. The number of nitrogen functional groups attached to an aromatic ring is 1. The fraction of sp³-hybridized carbons (Fsp3) is 0.267. The zero-order chi connectivity index (χ0) is 16.1. The van der Waals surface area contributed by atoms with Gasteiger partial charge >= 0.3 is 6.09 Å². The van der Waals surface area contributed by atoms with Gasteiger partial charge in [0.25, 0.3) is 0 Å². The van der Waals surface area contributed by atoms with E-state index in [2.05, 4.69) is 25.9 Å². The number of carboxylic acid groups (broad SMARTS) is 1. The maximum Gasteiger partial charge on any atom is 0.407 e. The van der Waals surface area contributed by atoms with Gasteiger partial charge in [0.2, 0.25) is 0 Å². The summed E-state index contributed by atoms with van der Waals surface area (Å²) < 4.78 is 0.930. The Kier molecular flexibility index (Phi) is 3.15. The molecular formula is C15H14BrN5O2. The molecule has 7 nitrogen and oxygen atoms in total. The molecule has 0 aliphatic carbocycles. The van der Waals surface area contributed by atoms with Crippen molar-refractivity contribution in [3.63, 3.8) is 0 Å². The Morgan fingerprint density at radius 2 is 2.26 bits per heavy atom. The van der Waals surface area contributed by atoms with Crippen molar-refractivity contribution in [1.82, 2.24) is 19.9 Å². The maximum absolute atomic E-state index is 11.1. The number of hydrogen-bond donors (Lipinski definition) is 3. The molecule has 4 N–H and O–H groups in total. The molecule has 1 fully saturated rings. The summed E-state index contributed by atoms with van der Waals surface area (Å²) in [5.74, 6) is 1.23. The van der Waals surface area contributed by atoms with Gasteiger partial charge in [-0.3, -0.25) is 0 Å². The van der Waals surface area contributed by atoms with E-state index in [9.17, 15) is 4.79 Å². The van der Waals surface area contributed by atoms with Crippen LogP contribution < -0.4 is 5.73 Å². The fourth-order valence-electron chi connectivity index (χ4n) is 3.11. The topological polar surface area (TPSA) is 108 Å². The summed E-state index contributed by atoms with van der Waals surface area (Å²) in [6.07, 6.45) is -0.136. The van der Waals surface area contributed by atoms with Crippen molar-refractivity contribution in [3.05, 3.63) is 28.5 Å². The number of hydrogen-bond acceptors (Lipinski definition) is 4. The van der Waals surface area contributed by atoms with E-state index in [1.807, 2.05) is 18.2 Å². The van der Waals surface area contributed by atoms with E-state index < -0.39 is 6.09 Å². The highest BCUT2D eigenvalue weighted by Crippen LogP contribution is 2.32. The molecule has 118 valence electrons. The van der Waals surface area contributed by atoms with Crippen molar-refractivity contribution in [3.8, 4) is 0 Å². The van der Waals surface area contributed by atoms with Crippen LogP contribution in [0.5, 0.6) is 0 Å². The lowest BCUT2D eigenvalue weighted by Crippen LogP contribution is -2.26. The van der Waals surface area contributed by atoms with Crippen molar-refractivity contribution in [1.29, 1.82) is 0 Å². The van der Waals surface area contributed by atoms with Gasteiger partial charge in [0, 0.05) is 28.9 Å². The van der Waals surface area contributed by atoms with Gasteiger partial charge in [-0.1, -0.05) is 15.9 Å². The standard InChI is InChI=1S/C15H14BrN5O2/c16-8-1-2-9-10(5-8)18-13(17)12-11(9)19-14(20-12)7-3-4-21(6-7)15(22)23/h1-2,5,7H,3-4,6H2,(H2,17,18)(H,19,20)(H,22,23)/t7-/m1/s1. The van der Waals surface area contributed by atoms with Crippen LogP contribution in [0.25, 0.3) is 21.9 Å². The number of nitrogens with two attached hydrogens (primary N) is 1. The van der Waals surface area contributed by atoms with Crippen LogP contribution in [0.3, 0.4) is 0 Å². The quantitative estimate of drug-likeness (QED) is 0.605. The first-order valence-corrected chi connectivity index (χ1v) is 8.04. The molecule has 1 amide bonds. The molecular weight excluding hydrogens is 362 g/mol. The second kappa shape index (κ2) is 5.09. The normalized spacial score (nSPS) is 18.1. The Morgan fingerprint density at radius 3 is 3.00 bits per heavy atom. The third-order valence-corrected chi connectivity index (χ3v) is 4.77. The Balaban J connectivity index is 1.83. The lowest BCUT2D eigenvalue weighted by Gasteiger charge is -2.10. The van der Waals surface area contributed by atoms with Crippen molar-refractivity contribution in [2.24, 2.45) is 0 Å². The SMILES string of the molecule is Nc1nc2cc(Br)ccc2c2nc([C@@H]3CCN(C(=O)O)C3)[nH]c12. The molecule has 23 heavy (non-hydrogen) atoms. The number of imidazole rings is 1. The maximum atomic E-state index is 11.1. The number of benzene rings is 1. The van der Waals surface area contributed by atoms with E-state index in [0.717, 1.165) is 33.1 Å². The number of likely N-dealkylation sites (tertiary alicyclic amines) is 1. The molecule has 3 aromatic rings. The van der Waals surface area contributed by atoms with Crippen molar-refractivity contribution < 1.29 is 9.90 Å². The van der Waals surface area contributed by atoms with Crippen molar-refractivity contribution in [2.45, 2.75) is 12.3 Å². The number of pyridine rings is 1. The van der Waals surface area contributed by atoms with E-state index in [-0.39, 0.29) is 5.92 Å². The van der Waals surface area contributed by atoms with Crippen LogP contribution in [0.2, 0.25) is 0 Å². The molecule has 8 heteroatoms. The minimum Gasteiger partial charge on any atom is -0.465 e. The summed E-state index contributed by atoms with van der Waals surface area (Å²) in [6.45, 7) is 0.977. The molecule has 3 heterocycles. The van der Waals surface area contributed by atoms with Gasteiger partial charge in [0.15, 0.2) is 0 Å². The number of anilines is 1. The average molecular weight is 376 g/mol. The number of halogens is 1. The Labute approximate surface area is 139 Å². The smallest absolute Gasteiger partial charge is 0.407 e. The van der Waals surface area contributed by atoms with Crippen LogP contribution in [-0.4, -0.2) is 44.1 Å². The molecule has 4 rings (SSSR count). The fourth-order valence-corrected chi connectivity index (χ4v) is 3.45. The zero-order valence-electron chi connectivity index (χ0n) is 12.1. The number of aromatic amines is 1. The first kappa shape index (κ1) is 14.3. The van der Waals surface area contributed by atoms with Gasteiger partial charge in [-0.15, -0.1) is 0 Å². The second-order valence-electron chi connectivity index (χ2n) is 5.72. The van der Waals surface area contributed by atoms with Crippen LogP contribution in [0.15, 0.2) is 22.7 Å². The highest BCUT2D eigenvalue weighted by Gasteiger charge is 2.29. The summed E-state index contributed by atoms with van der Waals surface area (Å²) in [5.41, 5.74) is 8.33. The summed E-state index contributed by atoms with van der Waals surface area (Å²) in [6, 6.07) is 5.80. The van der Waals surface area contributed by atoms with Crippen LogP contribution in [0, 0.1) is 0 Å². The van der Waals surface area contributed by atoms with E-state index in [1.165, 1.54) is 4.90 Å². The summed E-state index contributed by atoms with van der Waals surface area (Å²) in [7, 11) is 0. The Morgan fingerprint density at radius 1 is 1.43 bits per heavy atom. The highest BCUT2D eigenvalue weighted by atomic mass is 79.9. The molecule has 1 aliphatic heterocycles. The predicted octanol–water partition coefficient (Wildman–Crippen LogP) is 2.92. The zero-order valence-corrected chi connectivity index (χ0v) is 13.7. The average Bonchev–Trinajstić information content (AvgIpc) is 3.14. The molecule has 2 aromatic heterocycles. The second-order valence-corrected chi connectivity index (χ2v) is 6.63. The van der Waals surface area contributed by atoms with Gasteiger partial charge < -0.3 is 20.7 Å². The third-order valence-electron chi connectivity index (χ3n) is 4.28. The molecule has 1 aliphatic rings. The number of rotatable bonds is 1. The number of amides is 1. The first-order valence-electron chi connectivity index (χ1n) is 7.25. The van der Waals surface area contributed by atoms with Gasteiger partial charge in [-0.05, 0) is 24.6 Å². The van der Waals surface area contributed by atoms with Crippen molar-refractivity contribution >= 4 is 49.8 Å². The van der Waals surface area contributed by atoms with Gasteiger partial charge in [0.1, 0.15) is 22.7 Å². The van der Waals surface area contributed by atoms with Gasteiger partial charge in [-0.2, -0.15) is 0 Å². The molecule has 0 saturated carbocycles. The molecule has 0 unspecified atom stereocenters. The minimum atomic E-state index is -0.889. The number of fused-ring (bicyclic) bond motifs is 3. The van der Waals surface area contributed by atoms with Crippen LogP contribution in [0.4, 0.5) is 10.6 Å². The van der Waals surface area contributed by atoms with E-state index in [1.54, 1.807) is 0 Å². The van der Waals surface area contributed by atoms with Crippen molar-refractivity contribution in [2.75, 3.05) is 18.8 Å². The largest absolute Gasteiger partial charge is 0.465 e. The number of nitrogens with one attached hydrogen (secondary N) is 1. The molecule has 1 aromatic carbocycles. The monoisotopic (exact) mass is 375 g/mol. The lowest BCUT2D eigenvalue weighted by molar-refractivity contribution is 0.155. The van der Waals surface area contributed by atoms with E-state index in [0.29, 0.717) is 24.4 Å². The Bertz CT molecular complexity index is 938. The van der Waals surface area contributed by atoms with E-state index >= 15 is 0 Å². The van der Waals surface area contributed by atoms with E-state index in [4.69, 9.17) is 15.8 Å². The van der Waals surface area contributed by atoms with Gasteiger partial charge in [0.05, 0.1) is 5.52 Å². The third kappa shape index (κ3) is 2.29. The molecule has 0 radical (unpaired) electrons. The number of carbonyl (C=O) groups is 1. The Hall–Kier alpha value is -2.35. The minimum absolute atomic E-state index is 0.0587. The predicted molar refractivity (Wildman–Crippen MR) is 90.5 cm³/mol.